The first-order valence-corrected chi connectivity index (χ1v) is 6.69. The van der Waals surface area contributed by atoms with Crippen molar-refractivity contribution in [2.24, 2.45) is 5.41 Å². The second-order valence-corrected chi connectivity index (χ2v) is 5.19. The van der Waals surface area contributed by atoms with E-state index in [1.165, 1.54) is 4.90 Å². The maximum Gasteiger partial charge on any atom is 0.331 e. The molecular formula is C14H18N2O3. The number of nitrogens with zero attached hydrogens (tertiary/aromatic N) is 1. The van der Waals surface area contributed by atoms with Crippen molar-refractivity contribution in [1.29, 1.82) is 0 Å². The Balaban J connectivity index is 2.33. The summed E-state index contributed by atoms with van der Waals surface area (Å²) >= 11 is 0. The molecule has 5 nitrogen and oxygen atoms in total. The van der Waals surface area contributed by atoms with Gasteiger partial charge < -0.3 is 0 Å². The highest BCUT2D eigenvalue weighted by atomic mass is 16.2. The molecule has 0 radical (unpaired) electrons. The fourth-order valence-electron chi connectivity index (χ4n) is 3.00. The SMILES string of the molecule is C#CCC(CC)N1C(=O)NC(=O)C2(CCCC2)C1=O. The maximum absolute atomic E-state index is 12.6. The van der Waals surface area contributed by atoms with Crippen molar-refractivity contribution < 1.29 is 14.4 Å². The van der Waals surface area contributed by atoms with Crippen LogP contribution in [0.25, 0.3) is 0 Å². The Hall–Kier alpha value is -1.83. The highest BCUT2D eigenvalue weighted by Gasteiger charge is 2.55. The van der Waals surface area contributed by atoms with Gasteiger partial charge in [-0.3, -0.25) is 19.8 Å². The summed E-state index contributed by atoms with van der Waals surface area (Å²) < 4.78 is 0. The van der Waals surface area contributed by atoms with Gasteiger partial charge in [-0.05, 0) is 19.3 Å². The predicted octanol–water partition coefficient (Wildman–Crippen LogP) is 1.43. The Morgan fingerprint density at radius 2 is 2.00 bits per heavy atom. The maximum atomic E-state index is 12.6. The lowest BCUT2D eigenvalue weighted by Crippen LogP contribution is -2.65. The number of rotatable bonds is 3. The Morgan fingerprint density at radius 1 is 1.37 bits per heavy atom. The number of terminal acetylenes is 1. The van der Waals surface area contributed by atoms with Crippen LogP contribution in [0.5, 0.6) is 0 Å². The number of nitrogens with one attached hydrogen (secondary N) is 1. The molecule has 2 rings (SSSR count). The van der Waals surface area contributed by atoms with Gasteiger partial charge >= 0.3 is 6.03 Å². The van der Waals surface area contributed by atoms with E-state index in [4.69, 9.17) is 6.42 Å². The van der Waals surface area contributed by atoms with Gasteiger partial charge in [-0.15, -0.1) is 12.3 Å². The van der Waals surface area contributed by atoms with E-state index in [1.54, 1.807) is 0 Å². The molecule has 5 heteroatoms. The van der Waals surface area contributed by atoms with Crippen LogP contribution in [0, 0.1) is 17.8 Å². The number of hydrogen-bond donors (Lipinski definition) is 1. The Morgan fingerprint density at radius 3 is 2.53 bits per heavy atom. The third kappa shape index (κ3) is 2.01. The third-order valence-corrected chi connectivity index (χ3v) is 4.15. The summed E-state index contributed by atoms with van der Waals surface area (Å²) in [6.45, 7) is 1.88. The molecule has 1 aliphatic carbocycles. The van der Waals surface area contributed by atoms with Crippen molar-refractivity contribution in [2.45, 2.75) is 51.5 Å². The van der Waals surface area contributed by atoms with Crippen molar-refractivity contribution in [3.05, 3.63) is 0 Å². The van der Waals surface area contributed by atoms with Gasteiger partial charge in [0.25, 0.3) is 0 Å². The summed E-state index contributed by atoms with van der Waals surface area (Å²) in [4.78, 5) is 37.8. The zero-order chi connectivity index (χ0) is 14.0. The minimum absolute atomic E-state index is 0.319. The van der Waals surface area contributed by atoms with E-state index in [-0.39, 0.29) is 11.9 Å². The molecule has 1 N–H and O–H groups in total. The Kier molecular flexibility index (Phi) is 3.61. The zero-order valence-corrected chi connectivity index (χ0v) is 11.1. The van der Waals surface area contributed by atoms with E-state index >= 15 is 0 Å². The average molecular weight is 262 g/mol. The van der Waals surface area contributed by atoms with Crippen LogP contribution in [0.3, 0.4) is 0 Å². The van der Waals surface area contributed by atoms with Crippen molar-refractivity contribution in [3.63, 3.8) is 0 Å². The molecular weight excluding hydrogens is 244 g/mol. The van der Waals surface area contributed by atoms with Crippen LogP contribution in [0.4, 0.5) is 4.79 Å². The molecule has 4 amide bonds. The molecule has 1 atom stereocenters. The molecule has 102 valence electrons. The summed E-state index contributed by atoms with van der Waals surface area (Å²) in [5.74, 6) is 1.69. The molecule has 2 fully saturated rings. The van der Waals surface area contributed by atoms with E-state index in [9.17, 15) is 14.4 Å². The fourth-order valence-corrected chi connectivity index (χ4v) is 3.00. The molecule has 0 aromatic rings. The fraction of sp³-hybridized carbons (Fsp3) is 0.643. The number of urea groups is 1. The third-order valence-electron chi connectivity index (χ3n) is 4.15. The van der Waals surface area contributed by atoms with Crippen molar-refractivity contribution in [1.82, 2.24) is 10.2 Å². The highest BCUT2D eigenvalue weighted by Crippen LogP contribution is 2.42. The first kappa shape index (κ1) is 13.6. The average Bonchev–Trinajstić information content (AvgIpc) is 2.86. The number of imide groups is 2. The molecule has 1 spiro atoms. The first-order chi connectivity index (χ1) is 9.06. The summed E-state index contributed by atoms with van der Waals surface area (Å²) in [7, 11) is 0. The summed E-state index contributed by atoms with van der Waals surface area (Å²) in [5.41, 5.74) is -1.03. The van der Waals surface area contributed by atoms with Crippen LogP contribution in [-0.4, -0.2) is 28.8 Å². The van der Waals surface area contributed by atoms with Crippen LogP contribution >= 0.6 is 0 Å². The first-order valence-electron chi connectivity index (χ1n) is 6.69. The summed E-state index contributed by atoms with van der Waals surface area (Å²) in [6, 6.07) is -0.960. The summed E-state index contributed by atoms with van der Waals surface area (Å²) in [5, 5.41) is 2.32. The van der Waals surface area contributed by atoms with Crippen LogP contribution in [0.15, 0.2) is 0 Å². The van der Waals surface area contributed by atoms with E-state index in [1.807, 2.05) is 6.92 Å². The molecule has 1 unspecified atom stereocenters. The number of hydrogen-bond acceptors (Lipinski definition) is 3. The van der Waals surface area contributed by atoms with Crippen molar-refractivity contribution in [3.8, 4) is 12.3 Å². The standard InChI is InChI=1S/C14H18N2O3/c1-3-7-10(4-2)16-12(18)14(8-5-6-9-14)11(17)15-13(16)19/h1,10H,4-9H2,2H3,(H,15,17,19). The Labute approximate surface area is 112 Å². The van der Waals surface area contributed by atoms with Gasteiger partial charge in [-0.1, -0.05) is 19.8 Å². The molecule has 1 saturated carbocycles. The number of carbonyl (C=O) groups excluding carboxylic acids is 3. The molecule has 2 aliphatic rings. The molecule has 0 aromatic carbocycles. The van der Waals surface area contributed by atoms with Crippen LogP contribution in [-0.2, 0) is 9.59 Å². The molecule has 0 aromatic heterocycles. The molecule has 19 heavy (non-hydrogen) atoms. The smallest absolute Gasteiger partial charge is 0.277 e. The van der Waals surface area contributed by atoms with Crippen LogP contribution in [0.2, 0.25) is 0 Å². The van der Waals surface area contributed by atoms with Crippen molar-refractivity contribution >= 4 is 17.8 Å². The minimum atomic E-state index is -1.03. The predicted molar refractivity (Wildman–Crippen MR) is 68.8 cm³/mol. The van der Waals surface area contributed by atoms with E-state index in [2.05, 4.69) is 11.2 Å². The second-order valence-electron chi connectivity index (χ2n) is 5.19. The number of barbiturate groups is 1. The normalized spacial score (nSPS) is 23.4. The number of amides is 4. The van der Waals surface area contributed by atoms with E-state index in [0.717, 1.165) is 12.8 Å². The van der Waals surface area contributed by atoms with Gasteiger partial charge in [0, 0.05) is 6.42 Å². The van der Waals surface area contributed by atoms with Crippen LogP contribution < -0.4 is 5.32 Å². The molecule has 1 aliphatic heterocycles. The lowest BCUT2D eigenvalue weighted by molar-refractivity contribution is -0.152. The van der Waals surface area contributed by atoms with Gasteiger partial charge in [0.1, 0.15) is 5.41 Å². The lowest BCUT2D eigenvalue weighted by atomic mass is 9.81. The quantitative estimate of drug-likeness (QED) is 0.618. The topological polar surface area (TPSA) is 66.5 Å². The minimum Gasteiger partial charge on any atom is -0.277 e. The molecule has 0 bridgehead atoms. The summed E-state index contributed by atoms with van der Waals surface area (Å²) in [6.07, 6.45) is 8.92. The van der Waals surface area contributed by atoms with Gasteiger partial charge in [-0.2, -0.15) is 0 Å². The van der Waals surface area contributed by atoms with E-state index in [0.29, 0.717) is 25.7 Å². The lowest BCUT2D eigenvalue weighted by Gasteiger charge is -2.40. The second kappa shape index (κ2) is 5.04. The highest BCUT2D eigenvalue weighted by molar-refractivity contribution is 6.19. The largest absolute Gasteiger partial charge is 0.331 e. The van der Waals surface area contributed by atoms with Gasteiger partial charge in [-0.25, -0.2) is 4.79 Å². The van der Waals surface area contributed by atoms with Gasteiger partial charge in [0.05, 0.1) is 6.04 Å². The van der Waals surface area contributed by atoms with Gasteiger partial charge in [0.2, 0.25) is 11.8 Å². The zero-order valence-electron chi connectivity index (χ0n) is 11.1. The van der Waals surface area contributed by atoms with E-state index < -0.39 is 17.4 Å². The van der Waals surface area contributed by atoms with Crippen LogP contribution in [0.1, 0.15) is 45.4 Å². The number of carbonyl (C=O) groups is 3. The molecule has 1 saturated heterocycles. The monoisotopic (exact) mass is 262 g/mol. The van der Waals surface area contributed by atoms with Gasteiger partial charge in [0.15, 0.2) is 0 Å². The molecule has 1 heterocycles. The Bertz CT molecular complexity index is 458. The van der Waals surface area contributed by atoms with Crippen molar-refractivity contribution in [2.75, 3.05) is 0 Å².